The van der Waals surface area contributed by atoms with Gasteiger partial charge in [-0.2, -0.15) is 0 Å². The maximum atomic E-state index is 6.14. The highest BCUT2D eigenvalue weighted by Gasteiger charge is 2.17. The maximum absolute atomic E-state index is 6.14. The van der Waals surface area contributed by atoms with E-state index in [1.54, 1.807) is 17.6 Å². The van der Waals surface area contributed by atoms with Crippen molar-refractivity contribution < 1.29 is 4.42 Å². The molecule has 2 N–H and O–H groups in total. The third-order valence-corrected chi connectivity index (χ3v) is 4.59. The summed E-state index contributed by atoms with van der Waals surface area (Å²) in [5, 5.41) is 0. The van der Waals surface area contributed by atoms with Crippen LogP contribution in [0.2, 0.25) is 0 Å². The number of hydrogen-bond donors (Lipinski definition) is 1. The zero-order valence-corrected chi connectivity index (χ0v) is 11.0. The zero-order chi connectivity index (χ0) is 11.0. The lowest BCUT2D eigenvalue weighted by Gasteiger charge is -2.06. The summed E-state index contributed by atoms with van der Waals surface area (Å²) < 4.78 is 6.53. The van der Waals surface area contributed by atoms with E-state index in [0.29, 0.717) is 0 Å². The van der Waals surface area contributed by atoms with Crippen LogP contribution in [0.5, 0.6) is 0 Å². The van der Waals surface area contributed by atoms with E-state index in [4.69, 9.17) is 10.2 Å². The van der Waals surface area contributed by atoms with Crippen LogP contribution in [0.15, 0.2) is 26.6 Å². The van der Waals surface area contributed by atoms with Crippen molar-refractivity contribution in [2.45, 2.75) is 19.9 Å². The van der Waals surface area contributed by atoms with Gasteiger partial charge in [-0.05, 0) is 53.0 Å². The van der Waals surface area contributed by atoms with Crippen molar-refractivity contribution in [1.29, 1.82) is 0 Å². The predicted octanol–water partition coefficient (Wildman–Crippen LogP) is 3.77. The molecule has 0 radical (unpaired) electrons. The Labute approximate surface area is 101 Å². The van der Waals surface area contributed by atoms with Gasteiger partial charge in [-0.1, -0.05) is 0 Å². The molecule has 2 nitrogen and oxygen atoms in total. The molecule has 0 spiro atoms. The van der Waals surface area contributed by atoms with E-state index >= 15 is 0 Å². The first kappa shape index (κ1) is 10.9. The second-order valence-corrected chi connectivity index (χ2v) is 5.95. The highest BCUT2D eigenvalue weighted by Crippen LogP contribution is 2.34. The Morgan fingerprint density at radius 2 is 2.13 bits per heavy atom. The van der Waals surface area contributed by atoms with Crippen LogP contribution in [-0.2, 0) is 0 Å². The third-order valence-electron chi connectivity index (χ3n) is 2.37. The monoisotopic (exact) mass is 285 g/mol. The molecule has 0 saturated heterocycles. The summed E-state index contributed by atoms with van der Waals surface area (Å²) in [5.41, 5.74) is 8.46. The number of nitrogens with two attached hydrogens (primary N) is 1. The standard InChI is InChI=1S/C11H12BrNOS/c1-6-3-4-14-10(6)9(13)8-5-7(2)11(12)15-8/h3-5,9H,13H2,1-2H3. The third kappa shape index (κ3) is 2.02. The molecular weight excluding hydrogens is 274 g/mol. The fourth-order valence-corrected chi connectivity index (χ4v) is 3.04. The van der Waals surface area contributed by atoms with Crippen molar-refractivity contribution in [3.05, 3.63) is 43.9 Å². The quantitative estimate of drug-likeness (QED) is 0.912. The van der Waals surface area contributed by atoms with Crippen LogP contribution < -0.4 is 5.73 Å². The van der Waals surface area contributed by atoms with Gasteiger partial charge in [0, 0.05) is 4.88 Å². The highest BCUT2D eigenvalue weighted by atomic mass is 79.9. The molecule has 0 bridgehead atoms. The fourth-order valence-electron chi connectivity index (χ4n) is 1.47. The van der Waals surface area contributed by atoms with Gasteiger partial charge in [-0.3, -0.25) is 0 Å². The van der Waals surface area contributed by atoms with Gasteiger partial charge in [0.05, 0.1) is 16.1 Å². The minimum absolute atomic E-state index is 0.157. The normalized spacial score (nSPS) is 13.1. The summed E-state index contributed by atoms with van der Waals surface area (Å²) in [6.07, 6.45) is 1.68. The molecule has 4 heteroatoms. The van der Waals surface area contributed by atoms with Gasteiger partial charge in [-0.15, -0.1) is 11.3 Å². The SMILES string of the molecule is Cc1ccoc1C(N)c1cc(C)c(Br)s1. The van der Waals surface area contributed by atoms with Gasteiger partial charge in [0.2, 0.25) is 0 Å². The molecule has 1 atom stereocenters. The van der Waals surface area contributed by atoms with Gasteiger partial charge in [0.1, 0.15) is 5.76 Å². The molecule has 0 aliphatic carbocycles. The van der Waals surface area contributed by atoms with Gasteiger partial charge in [0.15, 0.2) is 0 Å². The summed E-state index contributed by atoms with van der Waals surface area (Å²) in [5.74, 6) is 0.851. The minimum Gasteiger partial charge on any atom is -0.467 e. The van der Waals surface area contributed by atoms with Crippen LogP contribution in [0, 0.1) is 13.8 Å². The Bertz CT molecular complexity index is 455. The molecule has 2 aromatic rings. The largest absolute Gasteiger partial charge is 0.467 e. The van der Waals surface area contributed by atoms with Crippen molar-refractivity contribution in [1.82, 2.24) is 0 Å². The first-order chi connectivity index (χ1) is 7.09. The van der Waals surface area contributed by atoms with E-state index < -0.39 is 0 Å². The highest BCUT2D eigenvalue weighted by molar-refractivity contribution is 9.11. The lowest BCUT2D eigenvalue weighted by molar-refractivity contribution is 0.489. The summed E-state index contributed by atoms with van der Waals surface area (Å²) in [6, 6.07) is 3.88. The molecule has 0 aliphatic rings. The summed E-state index contributed by atoms with van der Waals surface area (Å²) in [6.45, 7) is 4.07. The van der Waals surface area contributed by atoms with Gasteiger partial charge < -0.3 is 10.2 Å². The van der Waals surface area contributed by atoms with Crippen LogP contribution in [0.4, 0.5) is 0 Å². The average molecular weight is 286 g/mol. The molecule has 80 valence electrons. The summed E-state index contributed by atoms with van der Waals surface area (Å²) in [4.78, 5) is 1.12. The number of hydrogen-bond acceptors (Lipinski definition) is 3. The molecule has 1 unspecified atom stereocenters. The average Bonchev–Trinajstić information content (AvgIpc) is 2.74. The van der Waals surface area contributed by atoms with E-state index in [1.165, 1.54) is 5.56 Å². The predicted molar refractivity (Wildman–Crippen MR) is 66.2 cm³/mol. The van der Waals surface area contributed by atoms with Crippen LogP contribution in [0.1, 0.15) is 27.8 Å². The van der Waals surface area contributed by atoms with Crippen LogP contribution >= 0.6 is 27.3 Å². The van der Waals surface area contributed by atoms with Crippen molar-refractivity contribution in [3.8, 4) is 0 Å². The van der Waals surface area contributed by atoms with Crippen LogP contribution in [0.25, 0.3) is 0 Å². The number of furan rings is 1. The van der Waals surface area contributed by atoms with Gasteiger partial charge in [0.25, 0.3) is 0 Å². The van der Waals surface area contributed by atoms with E-state index in [2.05, 4.69) is 28.9 Å². The molecule has 0 aliphatic heterocycles. The first-order valence-electron chi connectivity index (χ1n) is 4.65. The molecule has 2 rings (SSSR count). The fraction of sp³-hybridized carbons (Fsp3) is 0.273. The number of halogens is 1. The van der Waals surface area contributed by atoms with E-state index in [1.807, 2.05) is 13.0 Å². The van der Waals surface area contributed by atoms with E-state index in [9.17, 15) is 0 Å². The molecule has 0 fully saturated rings. The van der Waals surface area contributed by atoms with Crippen molar-refractivity contribution in [3.63, 3.8) is 0 Å². The topological polar surface area (TPSA) is 39.2 Å². The molecule has 0 amide bonds. The summed E-state index contributed by atoms with van der Waals surface area (Å²) >= 11 is 5.16. The number of thiophene rings is 1. The molecule has 15 heavy (non-hydrogen) atoms. The molecule has 2 heterocycles. The Morgan fingerprint density at radius 3 is 2.60 bits per heavy atom. The minimum atomic E-state index is -0.157. The Kier molecular flexibility index (Phi) is 3.00. The van der Waals surface area contributed by atoms with Crippen molar-refractivity contribution >= 4 is 27.3 Å². The van der Waals surface area contributed by atoms with Gasteiger partial charge >= 0.3 is 0 Å². The molecule has 2 aromatic heterocycles. The second-order valence-electron chi connectivity index (χ2n) is 3.55. The number of rotatable bonds is 2. The lowest BCUT2D eigenvalue weighted by Crippen LogP contribution is -2.10. The maximum Gasteiger partial charge on any atom is 0.128 e. The zero-order valence-electron chi connectivity index (χ0n) is 8.58. The molecule has 0 aromatic carbocycles. The smallest absolute Gasteiger partial charge is 0.128 e. The summed E-state index contributed by atoms with van der Waals surface area (Å²) in [7, 11) is 0. The van der Waals surface area contributed by atoms with Gasteiger partial charge in [-0.25, -0.2) is 0 Å². The second kappa shape index (κ2) is 4.12. The van der Waals surface area contributed by atoms with Crippen molar-refractivity contribution in [2.24, 2.45) is 5.73 Å². The van der Waals surface area contributed by atoms with Crippen LogP contribution in [-0.4, -0.2) is 0 Å². The van der Waals surface area contributed by atoms with Crippen molar-refractivity contribution in [2.75, 3.05) is 0 Å². The molecular formula is C11H12BrNOS. The van der Waals surface area contributed by atoms with Crippen LogP contribution in [0.3, 0.4) is 0 Å². The number of aryl methyl sites for hydroxylation is 2. The Morgan fingerprint density at radius 1 is 1.40 bits per heavy atom. The van der Waals surface area contributed by atoms with E-state index in [-0.39, 0.29) is 6.04 Å². The van der Waals surface area contributed by atoms with E-state index in [0.717, 1.165) is 20.0 Å². The Hall–Kier alpha value is -0.580. The lowest BCUT2D eigenvalue weighted by atomic mass is 10.1. The first-order valence-corrected chi connectivity index (χ1v) is 6.26. The molecule has 0 saturated carbocycles. The Balaban J connectivity index is 2.36.